The van der Waals surface area contributed by atoms with Crippen LogP contribution < -0.4 is 11.4 Å². The number of H-pyrrole nitrogens is 1. The highest BCUT2D eigenvalue weighted by Gasteiger charge is 2.60. The number of carbonyl (C=O) groups excluding carboxylic acids is 1. The van der Waals surface area contributed by atoms with E-state index in [9.17, 15) is 9.59 Å². The predicted octanol–water partition coefficient (Wildman–Crippen LogP) is 7.19. The first-order valence-electron chi connectivity index (χ1n) is 22.1. The van der Waals surface area contributed by atoms with Gasteiger partial charge in [-0.15, -0.1) is 0 Å². The van der Waals surface area contributed by atoms with E-state index in [0.29, 0.717) is 76.8 Å². The average Bonchev–Trinajstić information content (AvgIpc) is 3.90. The van der Waals surface area contributed by atoms with Gasteiger partial charge in [0.25, 0.3) is 5.91 Å². The number of aromatic nitrogens is 9. The Bertz CT molecular complexity index is 3430. The minimum atomic E-state index is -0.842. The zero-order valence-electron chi connectivity index (χ0n) is 36.7. The summed E-state index contributed by atoms with van der Waals surface area (Å²) in [5.74, 6) is -0.785. The average molecular weight is 881 g/mol. The number of fused-ring (bicyclic) bond motifs is 6. The molecule has 2 saturated heterocycles. The lowest BCUT2D eigenvalue weighted by atomic mass is 9.77. The first-order chi connectivity index (χ1) is 31.1. The summed E-state index contributed by atoms with van der Waals surface area (Å²) < 4.78 is 50.3. The fourth-order valence-electron chi connectivity index (χ4n) is 11.4. The molecule has 4 aliphatic rings. The van der Waals surface area contributed by atoms with E-state index in [1.54, 1.807) is 60.7 Å². The first kappa shape index (κ1) is 39.7. The number of carbonyl (C=O) groups is 1. The normalized spacial score (nSPS) is 23.3. The van der Waals surface area contributed by atoms with Gasteiger partial charge >= 0.3 is 11.4 Å². The van der Waals surface area contributed by atoms with E-state index in [2.05, 4.69) is 54.2 Å². The Labute approximate surface area is 369 Å². The summed E-state index contributed by atoms with van der Waals surface area (Å²) >= 11 is 0. The van der Waals surface area contributed by atoms with Crippen molar-refractivity contribution < 1.29 is 22.8 Å². The van der Waals surface area contributed by atoms with Crippen molar-refractivity contribution >= 4 is 27.7 Å². The number of imidazole rings is 1. The molecule has 2 unspecified atom stereocenters. The number of aromatic amines is 1. The minimum absolute atomic E-state index is 0.0101. The molecule has 12 rings (SSSR count). The van der Waals surface area contributed by atoms with Crippen molar-refractivity contribution in [1.82, 2.24) is 48.3 Å². The summed E-state index contributed by atoms with van der Waals surface area (Å²) in [6, 6.07) is 14.3. The van der Waals surface area contributed by atoms with Crippen molar-refractivity contribution in [2.45, 2.75) is 95.9 Å². The van der Waals surface area contributed by atoms with Crippen molar-refractivity contribution in [2.24, 2.45) is 13.0 Å². The van der Waals surface area contributed by atoms with E-state index in [1.807, 2.05) is 15.5 Å². The molecule has 1 amide bonds. The Hall–Kier alpha value is -6.88. The van der Waals surface area contributed by atoms with Crippen LogP contribution in [0.3, 0.4) is 0 Å². The van der Waals surface area contributed by atoms with E-state index in [0.717, 1.165) is 23.7 Å². The van der Waals surface area contributed by atoms with Gasteiger partial charge in [0.1, 0.15) is 22.9 Å². The Balaban J connectivity index is 1.01. The van der Waals surface area contributed by atoms with Gasteiger partial charge in [0.15, 0.2) is 11.6 Å². The van der Waals surface area contributed by atoms with Crippen molar-refractivity contribution in [3.63, 3.8) is 0 Å². The van der Waals surface area contributed by atoms with Crippen LogP contribution in [-0.2, 0) is 23.7 Å². The molecule has 0 spiro atoms. The van der Waals surface area contributed by atoms with Gasteiger partial charge in [-0.3, -0.25) is 28.1 Å². The fourth-order valence-corrected chi connectivity index (χ4v) is 11.4. The number of rotatable bonds is 7. The Morgan fingerprint density at radius 3 is 2.43 bits per heavy atom. The van der Waals surface area contributed by atoms with Crippen LogP contribution in [0.4, 0.5) is 8.78 Å². The first-order valence-corrected chi connectivity index (χ1v) is 22.1. The van der Waals surface area contributed by atoms with Gasteiger partial charge in [-0.1, -0.05) is 18.1 Å². The summed E-state index contributed by atoms with van der Waals surface area (Å²) in [5, 5.41) is 14.6. The number of nitrogens with zero attached hydrogens (tertiary/aromatic N) is 9. The highest BCUT2D eigenvalue weighted by Crippen LogP contribution is 2.57. The maximum atomic E-state index is 16.1. The number of nitrogens with one attached hydrogen (secondary N) is 1. The minimum Gasteiger partial charge on any atom is -0.376 e. The van der Waals surface area contributed by atoms with Gasteiger partial charge in [0, 0.05) is 55.0 Å². The summed E-state index contributed by atoms with van der Waals surface area (Å²) in [5.41, 5.74) is 4.18. The van der Waals surface area contributed by atoms with Crippen LogP contribution in [0.5, 0.6) is 0 Å². The lowest BCUT2D eigenvalue weighted by Gasteiger charge is -2.52. The molecule has 7 heterocycles. The molecule has 5 atom stereocenters. The number of benzene rings is 3. The van der Waals surface area contributed by atoms with Crippen LogP contribution in [0.1, 0.15) is 103 Å². The van der Waals surface area contributed by atoms with Gasteiger partial charge in [-0.05, 0) is 124 Å². The third kappa shape index (κ3) is 5.66. The Morgan fingerprint density at radius 1 is 0.954 bits per heavy atom. The van der Waals surface area contributed by atoms with Crippen LogP contribution in [0, 0.1) is 31.4 Å². The number of ether oxygens (including phenoxy) is 1. The Morgan fingerprint density at radius 2 is 1.71 bits per heavy atom. The van der Waals surface area contributed by atoms with E-state index < -0.39 is 28.8 Å². The molecule has 65 heavy (non-hydrogen) atoms. The number of amides is 1. The molecule has 332 valence electrons. The molecule has 17 heteroatoms. The molecular weight excluding hydrogens is 835 g/mol. The number of aryl methyl sites for hydroxylation is 3. The number of halogens is 2. The molecule has 2 aliphatic carbocycles. The third-order valence-corrected chi connectivity index (χ3v) is 14.7. The largest absolute Gasteiger partial charge is 0.438 e. The monoisotopic (exact) mass is 880 g/mol. The topological polar surface area (TPSA) is 156 Å². The van der Waals surface area contributed by atoms with Crippen LogP contribution in [0.15, 0.2) is 81.2 Å². The lowest BCUT2D eigenvalue weighted by Crippen LogP contribution is -2.58. The van der Waals surface area contributed by atoms with Crippen LogP contribution in [0.25, 0.3) is 39.0 Å². The third-order valence-electron chi connectivity index (χ3n) is 14.7. The predicted molar refractivity (Wildman–Crippen MR) is 235 cm³/mol. The second kappa shape index (κ2) is 13.6. The van der Waals surface area contributed by atoms with Crippen molar-refractivity contribution in [1.29, 1.82) is 0 Å². The van der Waals surface area contributed by atoms with Gasteiger partial charge in [-0.2, -0.15) is 10.2 Å². The van der Waals surface area contributed by atoms with E-state index in [-0.39, 0.29) is 46.3 Å². The molecule has 0 radical (unpaired) electrons. The van der Waals surface area contributed by atoms with Gasteiger partial charge in [0.05, 0.1) is 45.8 Å². The molecule has 3 aromatic carbocycles. The van der Waals surface area contributed by atoms with Gasteiger partial charge in [-0.25, -0.2) is 23.1 Å². The van der Waals surface area contributed by atoms with Crippen LogP contribution >= 0.6 is 0 Å². The van der Waals surface area contributed by atoms with E-state index in [4.69, 9.17) is 14.4 Å². The molecule has 2 aliphatic heterocycles. The smallest absolute Gasteiger partial charge is 0.376 e. The summed E-state index contributed by atoms with van der Waals surface area (Å²) in [7, 11) is 1.72. The number of hydrogen-bond acceptors (Lipinski definition) is 8. The van der Waals surface area contributed by atoms with Crippen molar-refractivity contribution in [2.75, 3.05) is 6.61 Å². The van der Waals surface area contributed by atoms with E-state index in [1.165, 1.54) is 27.1 Å². The summed E-state index contributed by atoms with van der Waals surface area (Å²) in [6.07, 6.45) is 7.91. The standard InChI is InChI=1S/C48H46F2N10O5/c1-24-15-31(16-25(2)40(24)49)60-42(57-13-12-56(46(57)63)36-10-9-35-32(41(36)50)23-51-55(35)6)39-33(53-60)19-30-20-37(39)58(30)43(61)38-18-29-17-27(28-11-14-64-47(4,5)22-28)7-8-34(29)59(38)48(21-26(48)3)44-52-45(62)65-54-44/h7-10,12-13,15-18,23,26,28,30,37H,11,14,19-22H2,1-6H3,(H,52,54,62)/t26-,28-,30?,37?,48-/m0/s1. The van der Waals surface area contributed by atoms with Gasteiger partial charge in [0.2, 0.25) is 0 Å². The highest BCUT2D eigenvalue weighted by molar-refractivity contribution is 6.00. The van der Waals surface area contributed by atoms with Crippen molar-refractivity contribution in [3.05, 3.63) is 139 Å². The Kier molecular flexibility index (Phi) is 8.29. The quantitative estimate of drug-likeness (QED) is 0.176. The number of hydrogen-bond donors (Lipinski definition) is 1. The van der Waals surface area contributed by atoms with E-state index >= 15 is 13.6 Å². The summed E-state index contributed by atoms with van der Waals surface area (Å²) in [4.78, 5) is 47.4. The SMILES string of the molecule is Cc1cc(-n2nc3c(c2-n2ccn(-c4ccc5c(cnn5C)c4F)c2=O)C2CC(C3)N2C(=O)c2cc3cc([C@H]4CCOC(C)(C)C4)ccc3n2[C@@]2(c3noc(=O)[nH]3)C[C@@H]2C)cc(C)c1F. The molecule has 1 N–H and O–H groups in total. The lowest BCUT2D eigenvalue weighted by molar-refractivity contribution is -0.0592. The van der Waals surface area contributed by atoms with Crippen LogP contribution in [0.2, 0.25) is 0 Å². The molecule has 2 bridgehead atoms. The molecule has 8 aromatic rings. The molecule has 15 nitrogen and oxygen atoms in total. The fraction of sp³-hybridized carbons (Fsp3) is 0.375. The molecule has 1 saturated carbocycles. The second-order valence-corrected chi connectivity index (χ2v) is 19.2. The zero-order valence-corrected chi connectivity index (χ0v) is 36.7. The molecular formula is C48H46F2N10O5. The molecule has 5 aromatic heterocycles. The maximum absolute atomic E-state index is 16.1. The maximum Gasteiger partial charge on any atom is 0.438 e. The molecule has 3 fully saturated rings. The summed E-state index contributed by atoms with van der Waals surface area (Å²) in [6.45, 7) is 10.3. The zero-order chi connectivity index (χ0) is 45.0. The van der Waals surface area contributed by atoms with Gasteiger partial charge < -0.3 is 14.2 Å². The second-order valence-electron chi connectivity index (χ2n) is 19.2. The van der Waals surface area contributed by atoms with Crippen molar-refractivity contribution in [3.8, 4) is 17.2 Å². The number of likely N-dealkylation sites (tertiary alicyclic amines) is 1. The highest BCUT2D eigenvalue weighted by atomic mass is 19.1. The van der Waals surface area contributed by atoms with Crippen LogP contribution in [-0.4, -0.2) is 72.5 Å².